The molecule has 0 N–H and O–H groups in total. The maximum atomic E-state index is 12.9. The fourth-order valence-electron chi connectivity index (χ4n) is 5.13. The molecule has 30 heavy (non-hydrogen) atoms. The van der Waals surface area contributed by atoms with E-state index in [1.807, 2.05) is 0 Å². The van der Waals surface area contributed by atoms with Gasteiger partial charge < -0.3 is 14.2 Å². The van der Waals surface area contributed by atoms with Crippen LogP contribution in [0.2, 0.25) is 0 Å². The van der Waals surface area contributed by atoms with Crippen LogP contribution in [0.4, 0.5) is 26.3 Å². The number of esters is 3. The molecule has 0 aromatic heterocycles. The highest BCUT2D eigenvalue weighted by Crippen LogP contribution is 2.61. The summed E-state index contributed by atoms with van der Waals surface area (Å²) < 4.78 is 91.5. The molecule has 5 unspecified atom stereocenters. The molecule has 4 aliphatic carbocycles. The topological polar surface area (TPSA) is 78.9 Å². The summed E-state index contributed by atoms with van der Waals surface area (Å²) in [6.07, 6.45) is -12.9. The molecule has 0 spiro atoms. The van der Waals surface area contributed by atoms with Gasteiger partial charge in [0.25, 0.3) is 0 Å². The average Bonchev–Trinajstić information content (AvgIpc) is 2.54. The average molecular weight is 444 g/mol. The van der Waals surface area contributed by atoms with Crippen molar-refractivity contribution in [2.24, 2.45) is 11.8 Å². The summed E-state index contributed by atoms with van der Waals surface area (Å²) in [7, 11) is 0. The number of carbonyl (C=O) groups is 3. The van der Waals surface area contributed by atoms with Gasteiger partial charge in [0.05, 0.1) is 0 Å². The SMILES string of the molecule is C=C(C)C(=O)OC12CC3CC(C1)C(OC(=O)C(F)(F)F)C(OC(=O)C(F)(F)F)(C3)C2. The molecule has 4 bridgehead atoms. The molecule has 0 aliphatic heterocycles. The number of rotatable bonds is 4. The number of alkyl halides is 6. The Morgan fingerprint density at radius 2 is 1.53 bits per heavy atom. The molecule has 0 aromatic carbocycles. The van der Waals surface area contributed by atoms with E-state index in [2.05, 4.69) is 16.1 Å². The molecule has 0 heterocycles. The van der Waals surface area contributed by atoms with Crippen LogP contribution in [0.1, 0.15) is 39.0 Å². The first-order valence-corrected chi connectivity index (χ1v) is 9.04. The molecular formula is C18H18F6O6. The van der Waals surface area contributed by atoms with Gasteiger partial charge in [-0.25, -0.2) is 14.4 Å². The number of carbonyl (C=O) groups excluding carboxylic acids is 3. The van der Waals surface area contributed by atoms with Gasteiger partial charge in [-0.2, -0.15) is 26.3 Å². The molecule has 6 nitrogen and oxygen atoms in total. The zero-order chi connectivity index (χ0) is 22.7. The largest absolute Gasteiger partial charge is 0.490 e. The molecule has 0 amide bonds. The van der Waals surface area contributed by atoms with Crippen LogP contribution in [0.5, 0.6) is 0 Å². The zero-order valence-electron chi connectivity index (χ0n) is 15.7. The van der Waals surface area contributed by atoms with Crippen molar-refractivity contribution in [1.82, 2.24) is 0 Å². The lowest BCUT2D eigenvalue weighted by molar-refractivity contribution is -0.291. The smallest absolute Gasteiger partial charge is 0.456 e. The maximum Gasteiger partial charge on any atom is 0.490 e. The maximum absolute atomic E-state index is 12.9. The summed E-state index contributed by atoms with van der Waals surface area (Å²) in [5.41, 5.74) is -3.52. The van der Waals surface area contributed by atoms with E-state index < -0.39 is 65.8 Å². The molecular weight excluding hydrogens is 426 g/mol. The van der Waals surface area contributed by atoms with Gasteiger partial charge in [0.15, 0.2) is 5.60 Å². The van der Waals surface area contributed by atoms with Crippen molar-refractivity contribution in [3.63, 3.8) is 0 Å². The van der Waals surface area contributed by atoms with Crippen molar-refractivity contribution in [2.75, 3.05) is 0 Å². The molecule has 4 fully saturated rings. The Balaban J connectivity index is 1.97. The summed E-state index contributed by atoms with van der Waals surface area (Å²) in [6.45, 7) is 4.79. The first-order valence-electron chi connectivity index (χ1n) is 9.04. The van der Waals surface area contributed by atoms with Crippen molar-refractivity contribution in [3.8, 4) is 0 Å². The second-order valence-electron chi connectivity index (χ2n) is 8.28. The highest BCUT2D eigenvalue weighted by molar-refractivity contribution is 5.87. The van der Waals surface area contributed by atoms with Gasteiger partial charge in [-0.1, -0.05) is 6.58 Å². The summed E-state index contributed by atoms with van der Waals surface area (Å²) in [5, 5.41) is 0. The van der Waals surface area contributed by atoms with Crippen LogP contribution in [0.15, 0.2) is 12.2 Å². The molecule has 0 aromatic rings. The van der Waals surface area contributed by atoms with Gasteiger partial charge in [0.1, 0.15) is 11.7 Å². The fourth-order valence-corrected chi connectivity index (χ4v) is 5.13. The Kier molecular flexibility index (Phi) is 5.14. The highest BCUT2D eigenvalue weighted by atomic mass is 19.4. The predicted molar refractivity (Wildman–Crippen MR) is 84.5 cm³/mol. The van der Waals surface area contributed by atoms with Crippen LogP contribution in [-0.4, -0.2) is 47.6 Å². The first-order chi connectivity index (χ1) is 13.6. The Labute approximate surface area is 166 Å². The minimum absolute atomic E-state index is 0.0205. The summed E-state index contributed by atoms with van der Waals surface area (Å²) in [4.78, 5) is 35.1. The van der Waals surface area contributed by atoms with E-state index in [9.17, 15) is 40.7 Å². The van der Waals surface area contributed by atoms with E-state index in [0.717, 1.165) is 0 Å². The Bertz CT molecular complexity index is 789. The van der Waals surface area contributed by atoms with Crippen LogP contribution >= 0.6 is 0 Å². The number of ether oxygens (including phenoxy) is 3. The van der Waals surface area contributed by atoms with Gasteiger partial charge in [0.2, 0.25) is 0 Å². The number of hydrogen-bond donors (Lipinski definition) is 0. The molecule has 4 aliphatic rings. The molecule has 5 atom stereocenters. The quantitative estimate of drug-likeness (QED) is 0.286. The van der Waals surface area contributed by atoms with Crippen molar-refractivity contribution in [3.05, 3.63) is 12.2 Å². The van der Waals surface area contributed by atoms with Crippen LogP contribution in [-0.2, 0) is 28.6 Å². The minimum Gasteiger partial charge on any atom is -0.456 e. The Hall–Kier alpha value is -2.27. The lowest BCUT2D eigenvalue weighted by Crippen LogP contribution is -2.70. The normalized spacial score (nSPS) is 35.0. The third-order valence-corrected chi connectivity index (χ3v) is 5.78. The van der Waals surface area contributed by atoms with Crippen molar-refractivity contribution >= 4 is 17.9 Å². The lowest BCUT2D eigenvalue weighted by Gasteiger charge is -2.62. The Morgan fingerprint density at radius 1 is 0.933 bits per heavy atom. The summed E-state index contributed by atoms with van der Waals surface area (Å²) in [5.74, 6) is -7.29. The number of hydrogen-bond acceptors (Lipinski definition) is 6. The van der Waals surface area contributed by atoms with Gasteiger partial charge in [-0.3, -0.25) is 0 Å². The van der Waals surface area contributed by atoms with E-state index in [0.29, 0.717) is 0 Å². The van der Waals surface area contributed by atoms with Gasteiger partial charge in [0, 0.05) is 17.9 Å². The van der Waals surface area contributed by atoms with Crippen LogP contribution in [0, 0.1) is 11.8 Å². The third kappa shape index (κ3) is 4.00. The second kappa shape index (κ2) is 6.88. The lowest BCUT2D eigenvalue weighted by atomic mass is 9.50. The minimum atomic E-state index is -5.41. The van der Waals surface area contributed by atoms with Crippen molar-refractivity contribution in [1.29, 1.82) is 0 Å². The van der Waals surface area contributed by atoms with Gasteiger partial charge in [-0.15, -0.1) is 0 Å². The van der Waals surface area contributed by atoms with E-state index in [1.165, 1.54) is 6.92 Å². The third-order valence-electron chi connectivity index (χ3n) is 5.78. The molecule has 12 heteroatoms. The fraction of sp³-hybridized carbons (Fsp3) is 0.722. The van der Waals surface area contributed by atoms with Crippen LogP contribution in [0.3, 0.4) is 0 Å². The molecule has 0 radical (unpaired) electrons. The highest BCUT2D eigenvalue weighted by Gasteiger charge is 2.69. The zero-order valence-corrected chi connectivity index (χ0v) is 15.7. The van der Waals surface area contributed by atoms with Crippen LogP contribution in [0.25, 0.3) is 0 Å². The number of halogens is 6. The molecule has 4 saturated carbocycles. The second-order valence-corrected chi connectivity index (χ2v) is 8.28. The standard InChI is InChI=1S/C18H18F6O6/c1-8(2)12(25)29-15-4-9-3-10(6-15)11(28-13(26)17(19,20)21)16(5-9,7-15)30-14(27)18(22,23)24/h9-11H,1,3-7H2,2H3. The van der Waals surface area contributed by atoms with E-state index >= 15 is 0 Å². The van der Waals surface area contributed by atoms with E-state index in [1.54, 1.807) is 0 Å². The molecule has 4 rings (SSSR count). The van der Waals surface area contributed by atoms with Crippen molar-refractivity contribution < 1.29 is 54.9 Å². The Morgan fingerprint density at radius 3 is 2.07 bits per heavy atom. The van der Waals surface area contributed by atoms with E-state index in [4.69, 9.17) is 4.74 Å². The van der Waals surface area contributed by atoms with E-state index in [-0.39, 0.29) is 31.3 Å². The monoisotopic (exact) mass is 444 g/mol. The molecule has 168 valence electrons. The predicted octanol–water partition coefficient (Wildman–Crippen LogP) is 3.39. The summed E-state index contributed by atoms with van der Waals surface area (Å²) >= 11 is 0. The van der Waals surface area contributed by atoms with Gasteiger partial charge >= 0.3 is 30.3 Å². The van der Waals surface area contributed by atoms with Crippen molar-refractivity contribution in [2.45, 2.75) is 68.7 Å². The molecule has 0 saturated heterocycles. The summed E-state index contributed by atoms with van der Waals surface area (Å²) in [6, 6.07) is 0. The first kappa shape index (κ1) is 22.4. The van der Waals surface area contributed by atoms with Gasteiger partial charge in [-0.05, 0) is 38.5 Å². The van der Waals surface area contributed by atoms with Crippen LogP contribution < -0.4 is 0 Å².